The molecule has 2 heteroatoms. The minimum absolute atomic E-state index is 0.349. The molecule has 1 aliphatic heterocycles. The maximum Gasteiger partial charge on any atom is 0.0192 e. The van der Waals surface area contributed by atoms with Gasteiger partial charge in [0.15, 0.2) is 0 Å². The van der Waals surface area contributed by atoms with E-state index in [0.29, 0.717) is 16.9 Å². The molecule has 0 bridgehead atoms. The molecule has 1 fully saturated rings. The van der Waals surface area contributed by atoms with E-state index in [2.05, 4.69) is 45.3 Å². The van der Waals surface area contributed by atoms with E-state index < -0.39 is 0 Å². The molecule has 1 heterocycles. The standard InChI is InChI=1S/C14H30N2/c1-13(2,3)14(4,5)11-15-10-12-8-6-7-9-16-12/h12,15-16H,6-11H2,1-5H3. The van der Waals surface area contributed by atoms with E-state index in [1.54, 1.807) is 0 Å². The summed E-state index contributed by atoms with van der Waals surface area (Å²) in [7, 11) is 0. The number of hydrogen-bond donors (Lipinski definition) is 2. The number of nitrogens with one attached hydrogen (secondary N) is 2. The largest absolute Gasteiger partial charge is 0.315 e. The fourth-order valence-electron chi connectivity index (χ4n) is 1.92. The molecular weight excluding hydrogens is 196 g/mol. The van der Waals surface area contributed by atoms with Crippen molar-refractivity contribution in [2.24, 2.45) is 10.8 Å². The molecule has 16 heavy (non-hydrogen) atoms. The van der Waals surface area contributed by atoms with Gasteiger partial charge in [0.1, 0.15) is 0 Å². The van der Waals surface area contributed by atoms with Crippen LogP contribution in [0.2, 0.25) is 0 Å². The zero-order valence-electron chi connectivity index (χ0n) is 11.8. The minimum Gasteiger partial charge on any atom is -0.315 e. The quantitative estimate of drug-likeness (QED) is 0.770. The molecule has 1 rings (SSSR count). The highest BCUT2D eigenvalue weighted by atomic mass is 15.0. The lowest BCUT2D eigenvalue weighted by Gasteiger charge is -2.39. The first-order valence-electron chi connectivity index (χ1n) is 6.77. The second-order valence-electron chi connectivity index (χ2n) is 6.91. The Morgan fingerprint density at radius 3 is 2.31 bits per heavy atom. The topological polar surface area (TPSA) is 24.1 Å². The van der Waals surface area contributed by atoms with Crippen molar-refractivity contribution < 1.29 is 0 Å². The maximum absolute atomic E-state index is 3.64. The zero-order chi connectivity index (χ0) is 12.2. The van der Waals surface area contributed by atoms with Gasteiger partial charge >= 0.3 is 0 Å². The fourth-order valence-corrected chi connectivity index (χ4v) is 1.92. The van der Waals surface area contributed by atoms with Gasteiger partial charge in [0.2, 0.25) is 0 Å². The van der Waals surface area contributed by atoms with Gasteiger partial charge in [0, 0.05) is 19.1 Å². The Kier molecular flexibility index (Phi) is 4.81. The number of hydrogen-bond acceptors (Lipinski definition) is 2. The number of rotatable bonds is 4. The molecule has 2 nitrogen and oxygen atoms in total. The van der Waals surface area contributed by atoms with Crippen molar-refractivity contribution >= 4 is 0 Å². The highest BCUT2D eigenvalue weighted by Gasteiger charge is 2.32. The lowest BCUT2D eigenvalue weighted by molar-refractivity contribution is 0.127. The van der Waals surface area contributed by atoms with E-state index >= 15 is 0 Å². The van der Waals surface area contributed by atoms with Crippen molar-refractivity contribution in [2.45, 2.75) is 59.9 Å². The fraction of sp³-hybridized carbons (Fsp3) is 1.00. The summed E-state index contributed by atoms with van der Waals surface area (Å²) in [5, 5.41) is 7.22. The van der Waals surface area contributed by atoms with Crippen molar-refractivity contribution in [1.29, 1.82) is 0 Å². The zero-order valence-corrected chi connectivity index (χ0v) is 11.8. The Hall–Kier alpha value is -0.0800. The average Bonchev–Trinajstić information content (AvgIpc) is 2.17. The van der Waals surface area contributed by atoms with Crippen molar-refractivity contribution in [3.8, 4) is 0 Å². The van der Waals surface area contributed by atoms with E-state index in [9.17, 15) is 0 Å². The summed E-state index contributed by atoms with van der Waals surface area (Å²) in [6.07, 6.45) is 4.08. The first-order valence-corrected chi connectivity index (χ1v) is 6.77. The summed E-state index contributed by atoms with van der Waals surface area (Å²) in [6, 6.07) is 0.699. The Balaban J connectivity index is 2.23. The van der Waals surface area contributed by atoms with Crippen molar-refractivity contribution in [2.75, 3.05) is 19.6 Å². The Morgan fingerprint density at radius 2 is 1.81 bits per heavy atom. The molecule has 1 saturated heterocycles. The second-order valence-corrected chi connectivity index (χ2v) is 6.91. The van der Waals surface area contributed by atoms with E-state index in [4.69, 9.17) is 0 Å². The van der Waals surface area contributed by atoms with Gasteiger partial charge in [0.05, 0.1) is 0 Å². The lowest BCUT2D eigenvalue weighted by Crippen LogP contribution is -2.46. The first kappa shape index (κ1) is 14.0. The predicted molar refractivity (Wildman–Crippen MR) is 71.7 cm³/mol. The number of piperidine rings is 1. The summed E-state index contributed by atoms with van der Waals surface area (Å²) in [5.41, 5.74) is 0.710. The SMILES string of the molecule is CC(C)(C)C(C)(C)CNCC1CCCCN1. The van der Waals surface area contributed by atoms with Gasteiger partial charge in [-0.25, -0.2) is 0 Å². The average molecular weight is 226 g/mol. The van der Waals surface area contributed by atoms with E-state index in [1.165, 1.54) is 25.8 Å². The van der Waals surface area contributed by atoms with E-state index in [-0.39, 0.29) is 0 Å². The maximum atomic E-state index is 3.64. The molecule has 1 unspecified atom stereocenters. The molecule has 1 atom stereocenters. The molecule has 0 radical (unpaired) electrons. The van der Waals surface area contributed by atoms with Crippen LogP contribution < -0.4 is 10.6 Å². The lowest BCUT2D eigenvalue weighted by atomic mass is 9.69. The van der Waals surface area contributed by atoms with Gasteiger partial charge in [-0.3, -0.25) is 0 Å². The Labute approximate surface area is 102 Å². The van der Waals surface area contributed by atoms with Crippen molar-refractivity contribution in [3.05, 3.63) is 0 Å². The van der Waals surface area contributed by atoms with Crippen LogP contribution in [0.25, 0.3) is 0 Å². The molecule has 0 amide bonds. The van der Waals surface area contributed by atoms with Gasteiger partial charge in [-0.05, 0) is 30.2 Å². The second kappa shape index (κ2) is 5.50. The summed E-state index contributed by atoms with van der Waals surface area (Å²) in [6.45, 7) is 15.1. The molecule has 0 aromatic rings. The third-order valence-electron chi connectivity index (χ3n) is 4.40. The molecule has 1 aliphatic rings. The third kappa shape index (κ3) is 4.06. The summed E-state index contributed by atoms with van der Waals surface area (Å²) in [5.74, 6) is 0. The Bertz CT molecular complexity index is 197. The van der Waals surface area contributed by atoms with Gasteiger partial charge in [-0.2, -0.15) is 0 Å². The van der Waals surface area contributed by atoms with Gasteiger partial charge in [-0.15, -0.1) is 0 Å². The third-order valence-corrected chi connectivity index (χ3v) is 4.40. The monoisotopic (exact) mass is 226 g/mol. The van der Waals surface area contributed by atoms with Crippen molar-refractivity contribution in [3.63, 3.8) is 0 Å². The van der Waals surface area contributed by atoms with Crippen LogP contribution in [0, 0.1) is 10.8 Å². The highest BCUT2D eigenvalue weighted by molar-refractivity contribution is 4.85. The van der Waals surface area contributed by atoms with E-state index in [0.717, 1.165) is 13.1 Å². The van der Waals surface area contributed by atoms with Crippen LogP contribution in [0.1, 0.15) is 53.9 Å². The van der Waals surface area contributed by atoms with Crippen LogP contribution in [-0.4, -0.2) is 25.7 Å². The minimum atomic E-state index is 0.349. The predicted octanol–water partition coefficient (Wildman–Crippen LogP) is 2.79. The van der Waals surface area contributed by atoms with Crippen LogP contribution in [0.3, 0.4) is 0 Å². The summed E-state index contributed by atoms with van der Waals surface area (Å²) in [4.78, 5) is 0. The molecule has 0 aliphatic carbocycles. The normalized spacial score (nSPS) is 23.4. The molecule has 2 N–H and O–H groups in total. The van der Waals surface area contributed by atoms with E-state index in [1.807, 2.05) is 0 Å². The van der Waals surface area contributed by atoms with Crippen LogP contribution in [0.15, 0.2) is 0 Å². The molecule has 0 saturated carbocycles. The summed E-state index contributed by atoms with van der Waals surface area (Å²) < 4.78 is 0. The van der Waals surface area contributed by atoms with Gasteiger partial charge in [-0.1, -0.05) is 41.0 Å². The molecular formula is C14H30N2. The molecule has 0 spiro atoms. The molecule has 96 valence electrons. The van der Waals surface area contributed by atoms with Crippen LogP contribution >= 0.6 is 0 Å². The van der Waals surface area contributed by atoms with Gasteiger partial charge in [0.25, 0.3) is 0 Å². The Morgan fingerprint density at radius 1 is 1.12 bits per heavy atom. The van der Waals surface area contributed by atoms with Gasteiger partial charge < -0.3 is 10.6 Å². The van der Waals surface area contributed by atoms with Crippen molar-refractivity contribution in [1.82, 2.24) is 10.6 Å². The molecule has 0 aromatic carbocycles. The first-order chi connectivity index (χ1) is 7.33. The van der Waals surface area contributed by atoms with Crippen LogP contribution in [-0.2, 0) is 0 Å². The summed E-state index contributed by atoms with van der Waals surface area (Å²) >= 11 is 0. The smallest absolute Gasteiger partial charge is 0.0192 e. The van der Waals surface area contributed by atoms with Crippen LogP contribution in [0.4, 0.5) is 0 Å². The highest BCUT2D eigenvalue weighted by Crippen LogP contribution is 2.36. The molecule has 0 aromatic heterocycles. The van der Waals surface area contributed by atoms with Crippen LogP contribution in [0.5, 0.6) is 0 Å².